The van der Waals surface area contributed by atoms with E-state index in [9.17, 15) is 14.4 Å². The summed E-state index contributed by atoms with van der Waals surface area (Å²) in [6.07, 6.45) is 9.34. The van der Waals surface area contributed by atoms with Gasteiger partial charge in [-0.25, -0.2) is 0 Å². The predicted octanol–water partition coefficient (Wildman–Crippen LogP) is 0.663. The van der Waals surface area contributed by atoms with E-state index in [4.69, 9.17) is 11.5 Å². The Morgan fingerprint density at radius 2 is 1.93 bits per heavy atom. The molecule has 2 rings (SSSR count). The van der Waals surface area contributed by atoms with Gasteiger partial charge in [0.2, 0.25) is 11.8 Å². The van der Waals surface area contributed by atoms with Crippen LogP contribution in [0, 0.1) is 0 Å². The lowest BCUT2D eigenvalue weighted by Crippen LogP contribution is -2.56. The van der Waals surface area contributed by atoms with E-state index in [1.54, 1.807) is 0 Å². The zero-order valence-corrected chi connectivity index (χ0v) is 18.6. The average Bonchev–Trinajstić information content (AvgIpc) is 3.19. The summed E-state index contributed by atoms with van der Waals surface area (Å²) in [6, 6.07) is -0.432. The van der Waals surface area contributed by atoms with Crippen molar-refractivity contribution in [2.45, 2.75) is 89.8 Å². The molecule has 0 aromatic rings. The van der Waals surface area contributed by atoms with Gasteiger partial charge < -0.3 is 31.8 Å². The molecule has 9 nitrogen and oxygen atoms in total. The molecule has 0 spiro atoms. The number of unbranched alkanes of at least 4 members (excludes halogenated alkanes) is 1. The molecule has 9 heteroatoms. The van der Waals surface area contributed by atoms with E-state index >= 15 is 0 Å². The van der Waals surface area contributed by atoms with Crippen LogP contribution in [0.2, 0.25) is 0 Å². The van der Waals surface area contributed by atoms with Crippen LogP contribution in [0.4, 0.5) is 0 Å². The number of nitrogens with one attached hydrogen (secondary N) is 2. The molecule has 2 aliphatic heterocycles. The van der Waals surface area contributed by atoms with Crippen molar-refractivity contribution in [1.29, 1.82) is 0 Å². The molecule has 30 heavy (non-hydrogen) atoms. The van der Waals surface area contributed by atoms with Crippen LogP contribution < -0.4 is 22.1 Å². The van der Waals surface area contributed by atoms with Gasteiger partial charge >= 0.3 is 0 Å². The zero-order valence-electron chi connectivity index (χ0n) is 18.6. The summed E-state index contributed by atoms with van der Waals surface area (Å²) in [5.74, 6) is 0.0525. The first kappa shape index (κ1) is 25.9. The van der Waals surface area contributed by atoms with E-state index in [1.165, 1.54) is 0 Å². The fourth-order valence-electron chi connectivity index (χ4n) is 3.94. The molecule has 0 aromatic heterocycles. The van der Waals surface area contributed by atoms with Crippen LogP contribution in [0.25, 0.3) is 0 Å². The molecule has 0 saturated carbocycles. The topological polar surface area (TPSA) is 143 Å². The number of hydrogen-bond donors (Lipinski definition) is 4. The number of rotatable bonds is 9. The Balaban J connectivity index is 0.000000553. The molecule has 0 radical (unpaired) electrons. The highest BCUT2D eigenvalue weighted by molar-refractivity contribution is 5.91. The molecule has 2 saturated heterocycles. The number of carbonyl (C=O) groups excluding carboxylic acids is 3. The Labute approximate surface area is 180 Å². The summed E-state index contributed by atoms with van der Waals surface area (Å²) < 4.78 is 0. The number of aliphatic imine (C=N–C) groups is 1. The number of hydrogen-bond acceptors (Lipinski definition) is 5. The van der Waals surface area contributed by atoms with Gasteiger partial charge in [0, 0.05) is 12.6 Å². The van der Waals surface area contributed by atoms with E-state index < -0.39 is 6.04 Å². The second kappa shape index (κ2) is 14.8. The van der Waals surface area contributed by atoms with Gasteiger partial charge in [0.1, 0.15) is 12.3 Å². The molecule has 0 bridgehead atoms. The molecule has 1 unspecified atom stereocenters. The van der Waals surface area contributed by atoms with Gasteiger partial charge in [-0.1, -0.05) is 33.1 Å². The lowest BCUT2D eigenvalue weighted by atomic mass is 10.0. The fraction of sp³-hybridized carbons (Fsp3) is 0.810. The molecule has 0 aliphatic carbocycles. The number of likely N-dealkylation sites (tertiary alicyclic amines) is 1. The SMILES string of the molecule is CCCC[C@H]1CC[C@@H](C(=O)NCC=O)N1C(=O)C1CCCCN1.CCCN=C(N)N. The highest BCUT2D eigenvalue weighted by Crippen LogP contribution is 2.29. The summed E-state index contributed by atoms with van der Waals surface area (Å²) >= 11 is 0. The second-order valence-corrected chi connectivity index (χ2v) is 7.86. The minimum atomic E-state index is -0.423. The van der Waals surface area contributed by atoms with Crippen molar-refractivity contribution in [3.05, 3.63) is 0 Å². The van der Waals surface area contributed by atoms with Crippen molar-refractivity contribution in [1.82, 2.24) is 15.5 Å². The van der Waals surface area contributed by atoms with Gasteiger partial charge in [-0.15, -0.1) is 0 Å². The summed E-state index contributed by atoms with van der Waals surface area (Å²) in [5.41, 5.74) is 10.0. The minimum absolute atomic E-state index is 0.0126. The van der Waals surface area contributed by atoms with Crippen molar-refractivity contribution in [3.8, 4) is 0 Å². The number of guanidine groups is 1. The van der Waals surface area contributed by atoms with Crippen LogP contribution in [0.3, 0.4) is 0 Å². The minimum Gasteiger partial charge on any atom is -0.370 e. The Morgan fingerprint density at radius 3 is 2.47 bits per heavy atom. The molecular weight excluding hydrogens is 384 g/mol. The quantitative estimate of drug-likeness (QED) is 0.243. The Morgan fingerprint density at radius 1 is 1.17 bits per heavy atom. The maximum absolute atomic E-state index is 13.0. The zero-order chi connectivity index (χ0) is 22.4. The third kappa shape index (κ3) is 8.69. The number of nitrogens with two attached hydrogens (primary N) is 2. The summed E-state index contributed by atoms with van der Waals surface area (Å²) in [4.78, 5) is 41.3. The highest BCUT2D eigenvalue weighted by Gasteiger charge is 2.42. The summed E-state index contributed by atoms with van der Waals surface area (Å²) in [6.45, 7) is 5.78. The van der Waals surface area contributed by atoms with E-state index in [0.29, 0.717) is 12.7 Å². The smallest absolute Gasteiger partial charge is 0.243 e. The molecule has 2 amide bonds. The second-order valence-electron chi connectivity index (χ2n) is 7.86. The van der Waals surface area contributed by atoms with Gasteiger partial charge in [-0.2, -0.15) is 0 Å². The third-order valence-electron chi connectivity index (χ3n) is 5.44. The maximum Gasteiger partial charge on any atom is 0.243 e. The first-order valence-corrected chi connectivity index (χ1v) is 11.3. The molecule has 172 valence electrons. The molecule has 0 aromatic carbocycles. The van der Waals surface area contributed by atoms with Gasteiger partial charge in [-0.3, -0.25) is 14.6 Å². The van der Waals surface area contributed by atoms with E-state index in [-0.39, 0.29) is 36.4 Å². The normalized spacial score (nSPS) is 23.1. The van der Waals surface area contributed by atoms with Crippen LogP contribution in [0.1, 0.15) is 71.6 Å². The van der Waals surface area contributed by atoms with Crippen LogP contribution in [-0.4, -0.2) is 66.7 Å². The van der Waals surface area contributed by atoms with Crippen LogP contribution in [0.5, 0.6) is 0 Å². The van der Waals surface area contributed by atoms with Crippen molar-refractivity contribution in [2.24, 2.45) is 16.5 Å². The van der Waals surface area contributed by atoms with E-state index in [2.05, 4.69) is 22.5 Å². The maximum atomic E-state index is 13.0. The van der Waals surface area contributed by atoms with Crippen molar-refractivity contribution >= 4 is 24.1 Å². The molecule has 2 heterocycles. The van der Waals surface area contributed by atoms with Crippen molar-refractivity contribution in [2.75, 3.05) is 19.6 Å². The van der Waals surface area contributed by atoms with Crippen molar-refractivity contribution < 1.29 is 14.4 Å². The fourth-order valence-corrected chi connectivity index (χ4v) is 3.94. The standard InChI is InChI=1S/C17H29N3O3.C4H11N3/c1-2-3-6-13-8-9-15(16(22)19-11-12-21)20(13)17(23)14-7-4-5-10-18-14;1-2-3-7-4(5)6/h12-15,18H,2-11H2,1H3,(H,19,22);2-3H2,1H3,(H4,5,6,7)/t13-,14?,15-;/m0./s1. The van der Waals surface area contributed by atoms with Crippen LogP contribution in [0.15, 0.2) is 4.99 Å². The van der Waals surface area contributed by atoms with Gasteiger partial charge in [0.15, 0.2) is 5.96 Å². The van der Waals surface area contributed by atoms with Gasteiger partial charge in [0.25, 0.3) is 0 Å². The molecular formula is C21H40N6O3. The lowest BCUT2D eigenvalue weighted by molar-refractivity contribution is -0.142. The Hall–Kier alpha value is -2.16. The van der Waals surface area contributed by atoms with E-state index in [1.807, 2.05) is 11.8 Å². The molecule has 2 aliphatic rings. The predicted molar refractivity (Wildman–Crippen MR) is 119 cm³/mol. The summed E-state index contributed by atoms with van der Waals surface area (Å²) in [7, 11) is 0. The first-order chi connectivity index (χ1) is 14.5. The monoisotopic (exact) mass is 424 g/mol. The number of aldehydes is 1. The summed E-state index contributed by atoms with van der Waals surface area (Å²) in [5, 5.41) is 5.91. The van der Waals surface area contributed by atoms with Gasteiger partial charge in [-0.05, 0) is 45.1 Å². The average molecular weight is 425 g/mol. The van der Waals surface area contributed by atoms with Crippen LogP contribution >= 0.6 is 0 Å². The Bertz CT molecular complexity index is 559. The van der Waals surface area contributed by atoms with Gasteiger partial charge in [0.05, 0.1) is 12.6 Å². The van der Waals surface area contributed by atoms with Crippen LogP contribution in [-0.2, 0) is 14.4 Å². The lowest BCUT2D eigenvalue weighted by Gasteiger charge is -2.34. The highest BCUT2D eigenvalue weighted by atomic mass is 16.2. The largest absolute Gasteiger partial charge is 0.370 e. The molecule has 2 fully saturated rings. The number of amides is 2. The number of nitrogens with zero attached hydrogens (tertiary/aromatic N) is 2. The first-order valence-electron chi connectivity index (χ1n) is 11.3. The molecule has 6 N–H and O–H groups in total. The van der Waals surface area contributed by atoms with E-state index in [0.717, 1.165) is 64.5 Å². The van der Waals surface area contributed by atoms with Crippen molar-refractivity contribution in [3.63, 3.8) is 0 Å². The number of piperidine rings is 1. The molecule has 3 atom stereocenters. The number of carbonyl (C=O) groups is 3. The third-order valence-corrected chi connectivity index (χ3v) is 5.44. The Kier molecular flexibility index (Phi) is 12.7.